The molecule has 2 heterocycles. The van der Waals surface area contributed by atoms with Crippen LogP contribution in [-0.2, 0) is 11.2 Å². The van der Waals surface area contributed by atoms with E-state index in [1.54, 1.807) is 0 Å². The number of nitrogens with one attached hydrogen (secondary N) is 1. The molecule has 25 heavy (non-hydrogen) atoms. The van der Waals surface area contributed by atoms with Crippen molar-refractivity contribution in [2.45, 2.75) is 32.4 Å². The summed E-state index contributed by atoms with van der Waals surface area (Å²) in [5.41, 5.74) is 2.17. The van der Waals surface area contributed by atoms with Gasteiger partial charge in [-0.15, -0.1) is 0 Å². The highest BCUT2D eigenvalue weighted by Crippen LogP contribution is 2.27. The number of rotatable bonds is 5. The topological polar surface area (TPSA) is 50.3 Å². The lowest BCUT2D eigenvalue weighted by atomic mass is 10.00. The number of anilines is 1. The Bertz CT molecular complexity index is 707. The molecule has 2 unspecified atom stereocenters. The van der Waals surface area contributed by atoms with Crippen molar-refractivity contribution >= 4 is 17.4 Å². The Morgan fingerprint density at radius 2 is 2.08 bits per heavy atom. The lowest BCUT2D eigenvalue weighted by Gasteiger charge is -2.36. The smallest absolute Gasteiger partial charge is 0.130 e. The first-order valence-electron chi connectivity index (χ1n) is 8.72. The molecule has 1 aliphatic heterocycles. The Labute approximate surface area is 154 Å². The van der Waals surface area contributed by atoms with Gasteiger partial charge in [0.1, 0.15) is 11.6 Å². The summed E-state index contributed by atoms with van der Waals surface area (Å²) in [6.45, 7) is 6.57. The van der Waals surface area contributed by atoms with Crippen LogP contribution in [0.1, 0.15) is 30.0 Å². The summed E-state index contributed by atoms with van der Waals surface area (Å²) in [4.78, 5) is 11.3. The molecular formula is C19H25ClN4O. The van der Waals surface area contributed by atoms with Crippen molar-refractivity contribution in [3.05, 3.63) is 52.4 Å². The van der Waals surface area contributed by atoms with Crippen molar-refractivity contribution in [3.8, 4) is 0 Å². The number of hydrogen-bond acceptors (Lipinski definition) is 5. The van der Waals surface area contributed by atoms with Crippen LogP contribution in [-0.4, -0.2) is 47.7 Å². The summed E-state index contributed by atoms with van der Waals surface area (Å²) in [6.07, 6.45) is 0.923. The average Bonchev–Trinajstić information content (AvgIpc) is 2.60. The molecule has 1 aromatic heterocycles. The molecule has 1 N–H and O–H groups in total. The number of nitrogens with zero attached hydrogens (tertiary/aromatic N) is 3. The number of hydrogen-bond donors (Lipinski definition) is 1. The molecular weight excluding hydrogens is 336 g/mol. The molecule has 0 amide bonds. The van der Waals surface area contributed by atoms with Gasteiger partial charge < -0.3 is 15.0 Å². The Balaban J connectivity index is 1.90. The fourth-order valence-electron chi connectivity index (χ4n) is 3.12. The molecule has 2 atom stereocenters. The second kappa shape index (κ2) is 8.13. The summed E-state index contributed by atoms with van der Waals surface area (Å²) in [5.74, 6) is 1.61. The van der Waals surface area contributed by atoms with E-state index in [1.165, 1.54) is 0 Å². The third-order valence-corrected chi connectivity index (χ3v) is 4.71. The third-order valence-electron chi connectivity index (χ3n) is 4.45. The maximum absolute atomic E-state index is 6.07. The summed E-state index contributed by atoms with van der Waals surface area (Å²) in [6, 6.07) is 9.95. The normalized spacial score (nSPS) is 19.6. The average molecular weight is 361 g/mol. The van der Waals surface area contributed by atoms with Crippen molar-refractivity contribution in [1.29, 1.82) is 0 Å². The number of morpholine rings is 1. The standard InChI is InChI=1S/C19H25ClN4O/c1-4-16-11-18(22-13(2)21-16)23-19(14-5-7-15(20)8-6-14)17-12-24(3)9-10-25-17/h5-8,11,17,19H,4,9-10,12H2,1-3H3,(H,21,22,23). The van der Waals surface area contributed by atoms with Crippen LogP contribution < -0.4 is 5.32 Å². The summed E-state index contributed by atoms with van der Waals surface area (Å²) in [5, 5.41) is 4.31. The van der Waals surface area contributed by atoms with Gasteiger partial charge in [-0.25, -0.2) is 9.97 Å². The van der Waals surface area contributed by atoms with Crippen molar-refractivity contribution in [2.75, 3.05) is 32.1 Å². The molecule has 3 rings (SSSR count). The van der Waals surface area contributed by atoms with Gasteiger partial charge in [-0.2, -0.15) is 0 Å². The van der Waals surface area contributed by atoms with Gasteiger partial charge in [-0.1, -0.05) is 30.7 Å². The van der Waals surface area contributed by atoms with E-state index in [-0.39, 0.29) is 12.1 Å². The van der Waals surface area contributed by atoms with Crippen LogP contribution in [0.3, 0.4) is 0 Å². The van der Waals surface area contributed by atoms with Gasteiger partial charge in [0.15, 0.2) is 0 Å². The lowest BCUT2D eigenvalue weighted by Crippen LogP contribution is -2.44. The molecule has 6 heteroatoms. The highest BCUT2D eigenvalue weighted by molar-refractivity contribution is 6.30. The van der Waals surface area contributed by atoms with E-state index in [1.807, 2.05) is 37.3 Å². The fourth-order valence-corrected chi connectivity index (χ4v) is 3.24. The molecule has 2 aromatic rings. The van der Waals surface area contributed by atoms with Crippen LogP contribution in [0.2, 0.25) is 5.02 Å². The van der Waals surface area contributed by atoms with Crippen molar-refractivity contribution < 1.29 is 4.74 Å². The van der Waals surface area contributed by atoms with E-state index in [2.05, 4.69) is 34.2 Å². The Hall–Kier alpha value is -1.69. The van der Waals surface area contributed by atoms with E-state index in [0.29, 0.717) is 0 Å². The second-order valence-corrected chi connectivity index (χ2v) is 6.93. The zero-order valence-corrected chi connectivity index (χ0v) is 15.8. The molecule has 5 nitrogen and oxygen atoms in total. The van der Waals surface area contributed by atoms with Crippen molar-refractivity contribution in [1.82, 2.24) is 14.9 Å². The van der Waals surface area contributed by atoms with Gasteiger partial charge >= 0.3 is 0 Å². The van der Waals surface area contributed by atoms with Crippen LogP contribution in [0.4, 0.5) is 5.82 Å². The second-order valence-electron chi connectivity index (χ2n) is 6.49. The number of aryl methyl sites for hydroxylation is 2. The molecule has 1 aliphatic rings. The zero-order valence-electron chi connectivity index (χ0n) is 15.0. The van der Waals surface area contributed by atoms with Crippen LogP contribution >= 0.6 is 11.6 Å². The zero-order chi connectivity index (χ0) is 17.8. The largest absolute Gasteiger partial charge is 0.373 e. The van der Waals surface area contributed by atoms with Gasteiger partial charge in [0.25, 0.3) is 0 Å². The minimum atomic E-state index is -0.000905. The van der Waals surface area contributed by atoms with Crippen molar-refractivity contribution in [2.24, 2.45) is 0 Å². The van der Waals surface area contributed by atoms with E-state index in [4.69, 9.17) is 16.3 Å². The highest BCUT2D eigenvalue weighted by Gasteiger charge is 2.28. The van der Waals surface area contributed by atoms with Crippen LogP contribution in [0.15, 0.2) is 30.3 Å². The molecule has 1 fully saturated rings. The summed E-state index contributed by atoms with van der Waals surface area (Å²) in [7, 11) is 2.12. The van der Waals surface area contributed by atoms with Gasteiger partial charge in [0.2, 0.25) is 0 Å². The fraction of sp³-hybridized carbons (Fsp3) is 0.474. The first-order valence-corrected chi connectivity index (χ1v) is 9.09. The van der Waals surface area contributed by atoms with Gasteiger partial charge in [-0.05, 0) is 38.1 Å². The summed E-state index contributed by atoms with van der Waals surface area (Å²) < 4.78 is 6.07. The minimum absolute atomic E-state index is 0.000905. The van der Waals surface area contributed by atoms with E-state index >= 15 is 0 Å². The quantitative estimate of drug-likeness (QED) is 0.884. The Kier molecular flexibility index (Phi) is 5.89. The molecule has 0 bridgehead atoms. The lowest BCUT2D eigenvalue weighted by molar-refractivity contribution is -0.0292. The molecule has 0 aliphatic carbocycles. The van der Waals surface area contributed by atoms with Crippen LogP contribution in [0, 0.1) is 6.92 Å². The van der Waals surface area contributed by atoms with Gasteiger partial charge in [0.05, 0.1) is 18.8 Å². The predicted molar refractivity (Wildman–Crippen MR) is 101 cm³/mol. The minimum Gasteiger partial charge on any atom is -0.373 e. The molecule has 1 saturated heterocycles. The van der Waals surface area contributed by atoms with Crippen LogP contribution in [0.5, 0.6) is 0 Å². The van der Waals surface area contributed by atoms with Crippen molar-refractivity contribution in [3.63, 3.8) is 0 Å². The number of likely N-dealkylation sites (N-methyl/N-ethyl adjacent to an activating group) is 1. The number of halogens is 1. The summed E-state index contributed by atoms with van der Waals surface area (Å²) >= 11 is 6.07. The first-order chi connectivity index (χ1) is 12.0. The predicted octanol–water partition coefficient (Wildman–Crippen LogP) is 3.48. The van der Waals surface area contributed by atoms with E-state index in [9.17, 15) is 0 Å². The first kappa shape index (κ1) is 18.1. The SMILES string of the molecule is CCc1cc(NC(c2ccc(Cl)cc2)C2CN(C)CCO2)nc(C)n1. The van der Waals surface area contributed by atoms with E-state index in [0.717, 1.165) is 54.0 Å². The highest BCUT2D eigenvalue weighted by atomic mass is 35.5. The van der Waals surface area contributed by atoms with E-state index < -0.39 is 0 Å². The number of benzene rings is 1. The molecule has 134 valence electrons. The van der Waals surface area contributed by atoms with Gasteiger partial charge in [-0.3, -0.25) is 0 Å². The maximum Gasteiger partial charge on any atom is 0.130 e. The Morgan fingerprint density at radius 1 is 1.32 bits per heavy atom. The van der Waals surface area contributed by atoms with Gasteiger partial charge in [0, 0.05) is 29.9 Å². The number of ether oxygens (including phenoxy) is 1. The third kappa shape index (κ3) is 4.69. The maximum atomic E-state index is 6.07. The van der Waals surface area contributed by atoms with Crippen LogP contribution in [0.25, 0.3) is 0 Å². The monoisotopic (exact) mass is 360 g/mol. The molecule has 0 saturated carbocycles. The molecule has 0 radical (unpaired) electrons. The molecule has 0 spiro atoms. The number of aromatic nitrogens is 2. The Morgan fingerprint density at radius 3 is 2.76 bits per heavy atom. The molecule has 1 aromatic carbocycles.